The summed E-state index contributed by atoms with van der Waals surface area (Å²) in [7, 11) is 3.21. The number of nitrogens with one attached hydrogen (secondary N) is 1. The zero-order chi connectivity index (χ0) is 19.4. The highest BCUT2D eigenvalue weighted by Gasteiger charge is 2.32. The predicted molar refractivity (Wildman–Crippen MR) is 98.7 cm³/mol. The summed E-state index contributed by atoms with van der Waals surface area (Å²) in [5, 5.41) is 7.57. The van der Waals surface area contributed by atoms with Crippen LogP contribution in [-0.4, -0.2) is 47.6 Å². The smallest absolute Gasteiger partial charge is 0.270 e. The largest absolute Gasteiger partial charge is 0.495 e. The van der Waals surface area contributed by atoms with Crippen LogP contribution in [0.25, 0.3) is 0 Å². The van der Waals surface area contributed by atoms with Gasteiger partial charge >= 0.3 is 0 Å². The van der Waals surface area contributed by atoms with Gasteiger partial charge in [-0.1, -0.05) is 0 Å². The minimum atomic E-state index is -0.186. The molecule has 0 aliphatic carbocycles. The van der Waals surface area contributed by atoms with Crippen LogP contribution in [-0.2, 0) is 29.0 Å². The lowest BCUT2D eigenvalue weighted by Crippen LogP contribution is -2.29. The molecule has 1 N–H and O–H groups in total. The number of hydrogen-bond acceptors (Lipinski definition) is 6. The number of nitrogens with zero attached hydrogens (tertiary/aromatic N) is 3. The second kappa shape index (κ2) is 8.49. The molecule has 2 aromatic rings. The van der Waals surface area contributed by atoms with Crippen LogP contribution in [0.5, 0.6) is 5.75 Å². The van der Waals surface area contributed by atoms with Gasteiger partial charge in [0.15, 0.2) is 0 Å². The number of hydrogen-bond donors (Lipinski definition) is 1. The first kappa shape index (κ1) is 19.3. The van der Waals surface area contributed by atoms with Crippen LogP contribution in [0.3, 0.4) is 0 Å². The van der Waals surface area contributed by atoms with Crippen molar-refractivity contribution in [2.45, 2.75) is 45.6 Å². The number of pyridine rings is 1. The third-order valence-electron chi connectivity index (χ3n) is 4.60. The first-order valence-corrected chi connectivity index (χ1v) is 9.05. The van der Waals surface area contributed by atoms with E-state index in [9.17, 15) is 4.79 Å². The molecule has 0 aromatic carbocycles. The van der Waals surface area contributed by atoms with Crippen LogP contribution in [0.2, 0.25) is 0 Å². The summed E-state index contributed by atoms with van der Waals surface area (Å²) in [5.41, 5.74) is 3.02. The third kappa shape index (κ3) is 4.12. The monoisotopic (exact) mass is 374 g/mol. The van der Waals surface area contributed by atoms with E-state index in [4.69, 9.17) is 14.2 Å². The Labute approximate surface area is 158 Å². The first-order valence-electron chi connectivity index (χ1n) is 9.05. The molecule has 27 heavy (non-hydrogen) atoms. The van der Waals surface area contributed by atoms with Gasteiger partial charge in [-0.05, 0) is 26.0 Å². The molecule has 0 saturated heterocycles. The van der Waals surface area contributed by atoms with Crippen molar-refractivity contribution in [2.24, 2.45) is 0 Å². The van der Waals surface area contributed by atoms with E-state index in [1.807, 2.05) is 19.9 Å². The minimum absolute atomic E-state index is 0.0370. The van der Waals surface area contributed by atoms with Gasteiger partial charge < -0.3 is 19.5 Å². The van der Waals surface area contributed by atoms with E-state index < -0.39 is 0 Å². The number of aromatic nitrogens is 3. The fourth-order valence-electron chi connectivity index (χ4n) is 3.38. The Balaban J connectivity index is 1.86. The summed E-state index contributed by atoms with van der Waals surface area (Å²) in [5.74, 6) is 0.456. The van der Waals surface area contributed by atoms with Crippen LogP contribution >= 0.6 is 0 Å². The van der Waals surface area contributed by atoms with E-state index >= 15 is 0 Å². The van der Waals surface area contributed by atoms with Gasteiger partial charge in [0.1, 0.15) is 17.1 Å². The number of carbonyl (C=O) groups excluding carboxylic acids is 1. The summed E-state index contributed by atoms with van der Waals surface area (Å²) in [4.78, 5) is 17.3. The van der Waals surface area contributed by atoms with Gasteiger partial charge in [-0.25, -0.2) is 0 Å². The second-order valence-electron chi connectivity index (χ2n) is 6.56. The summed E-state index contributed by atoms with van der Waals surface area (Å²) in [6.07, 6.45) is 2.22. The van der Waals surface area contributed by atoms with Gasteiger partial charge in [0, 0.05) is 25.3 Å². The minimum Gasteiger partial charge on any atom is -0.495 e. The Hall–Kier alpha value is -2.45. The van der Waals surface area contributed by atoms with Crippen molar-refractivity contribution in [3.05, 3.63) is 41.0 Å². The summed E-state index contributed by atoms with van der Waals surface area (Å²) in [6.45, 7) is 5.21. The average molecular weight is 374 g/mol. The van der Waals surface area contributed by atoms with Crippen molar-refractivity contribution in [2.75, 3.05) is 20.8 Å². The summed E-state index contributed by atoms with van der Waals surface area (Å²) >= 11 is 0. The van der Waals surface area contributed by atoms with E-state index in [-0.39, 0.29) is 24.7 Å². The quantitative estimate of drug-likeness (QED) is 0.796. The van der Waals surface area contributed by atoms with Gasteiger partial charge in [0.25, 0.3) is 5.91 Å². The maximum atomic E-state index is 13.0. The Kier molecular flexibility index (Phi) is 6.08. The Morgan fingerprint density at radius 3 is 2.96 bits per heavy atom. The number of amides is 1. The molecule has 0 unspecified atom stereocenters. The first-order chi connectivity index (χ1) is 13.0. The van der Waals surface area contributed by atoms with Gasteiger partial charge in [-0.2, -0.15) is 5.10 Å². The van der Waals surface area contributed by atoms with Crippen LogP contribution in [0, 0.1) is 0 Å². The molecule has 0 radical (unpaired) electrons. The number of fused-ring (bicyclic) bond motifs is 1. The normalized spacial score (nSPS) is 18.8. The lowest BCUT2D eigenvalue weighted by atomic mass is 9.99. The van der Waals surface area contributed by atoms with Gasteiger partial charge in [0.2, 0.25) is 0 Å². The van der Waals surface area contributed by atoms with Gasteiger partial charge in [-0.15, -0.1) is 0 Å². The molecule has 2 atom stereocenters. The van der Waals surface area contributed by atoms with Crippen LogP contribution in [0.1, 0.15) is 47.4 Å². The molecule has 8 heteroatoms. The summed E-state index contributed by atoms with van der Waals surface area (Å²) in [6, 6.07) is 3.61. The molecule has 1 amide bonds. The fraction of sp³-hybridized carbons (Fsp3) is 0.526. The van der Waals surface area contributed by atoms with E-state index in [0.717, 1.165) is 11.3 Å². The van der Waals surface area contributed by atoms with Crippen molar-refractivity contribution in [1.82, 2.24) is 20.1 Å². The lowest BCUT2D eigenvalue weighted by Gasteiger charge is -2.24. The zero-order valence-electron chi connectivity index (χ0n) is 16.2. The zero-order valence-corrected chi connectivity index (χ0v) is 16.2. The molecule has 8 nitrogen and oxygen atoms in total. The molecule has 146 valence electrons. The SMILES string of the molecule is COCCn1nc2c(c1C(=O)NCc1ncccc1OC)C[C@H](C)O[C@@H]2C. The molecular formula is C19H26N4O4. The molecule has 1 aliphatic heterocycles. The van der Waals surface area contributed by atoms with E-state index in [2.05, 4.69) is 15.4 Å². The topological polar surface area (TPSA) is 87.5 Å². The molecule has 2 aromatic heterocycles. The van der Waals surface area contributed by atoms with Crippen LogP contribution in [0.4, 0.5) is 0 Å². The van der Waals surface area contributed by atoms with Gasteiger partial charge in [0.05, 0.1) is 44.7 Å². The molecule has 0 fully saturated rings. The predicted octanol–water partition coefficient (Wildman–Crippen LogP) is 1.89. The van der Waals surface area contributed by atoms with E-state index in [1.165, 1.54) is 0 Å². The number of carbonyl (C=O) groups is 1. The van der Waals surface area contributed by atoms with Crippen molar-refractivity contribution >= 4 is 5.91 Å². The fourth-order valence-corrected chi connectivity index (χ4v) is 3.38. The van der Waals surface area contributed by atoms with Crippen LogP contribution in [0.15, 0.2) is 18.3 Å². The van der Waals surface area contributed by atoms with Crippen molar-refractivity contribution in [3.63, 3.8) is 0 Å². The summed E-state index contributed by atoms with van der Waals surface area (Å²) < 4.78 is 18.0. The van der Waals surface area contributed by atoms with Crippen molar-refractivity contribution in [1.29, 1.82) is 0 Å². The second-order valence-corrected chi connectivity index (χ2v) is 6.56. The molecule has 1 aliphatic rings. The van der Waals surface area contributed by atoms with E-state index in [0.29, 0.717) is 36.7 Å². The maximum absolute atomic E-state index is 13.0. The van der Waals surface area contributed by atoms with Crippen molar-refractivity contribution < 1.29 is 19.0 Å². The standard InChI is InChI=1S/C19H26N4O4/c1-12-10-14-17(13(2)27-12)22-23(8-9-25-3)18(14)19(24)21-11-15-16(26-4)6-5-7-20-15/h5-7,12-13H,8-11H2,1-4H3,(H,21,24)/t12-,13+/m0/s1. The Morgan fingerprint density at radius 1 is 1.41 bits per heavy atom. The third-order valence-corrected chi connectivity index (χ3v) is 4.60. The average Bonchev–Trinajstić information content (AvgIpc) is 3.03. The van der Waals surface area contributed by atoms with Gasteiger partial charge in [-0.3, -0.25) is 14.5 Å². The molecule has 0 saturated carbocycles. The Bertz CT molecular complexity index is 805. The van der Waals surface area contributed by atoms with Crippen molar-refractivity contribution in [3.8, 4) is 5.75 Å². The molecular weight excluding hydrogens is 348 g/mol. The highest BCUT2D eigenvalue weighted by Crippen LogP contribution is 2.31. The molecule has 0 spiro atoms. The molecule has 0 bridgehead atoms. The number of rotatable bonds is 7. The Morgan fingerprint density at radius 2 is 2.22 bits per heavy atom. The van der Waals surface area contributed by atoms with E-state index in [1.54, 1.807) is 31.2 Å². The molecule has 3 rings (SSSR count). The highest BCUT2D eigenvalue weighted by atomic mass is 16.5. The lowest BCUT2D eigenvalue weighted by molar-refractivity contribution is -0.00716. The van der Waals surface area contributed by atoms with Crippen LogP contribution < -0.4 is 10.1 Å². The number of methoxy groups -OCH3 is 2. The highest BCUT2D eigenvalue weighted by molar-refractivity contribution is 5.94. The number of ether oxygens (including phenoxy) is 3. The maximum Gasteiger partial charge on any atom is 0.270 e. The molecule has 3 heterocycles.